The van der Waals surface area contributed by atoms with E-state index >= 15 is 0 Å². The quantitative estimate of drug-likeness (QED) is 0.677. The van der Waals surface area contributed by atoms with Gasteiger partial charge in [0.05, 0.1) is 14.2 Å². The largest absolute Gasteiger partial charge is 0.493 e. The number of anilines is 1. The van der Waals surface area contributed by atoms with Gasteiger partial charge in [0.25, 0.3) is 5.91 Å². The third-order valence-electron chi connectivity index (χ3n) is 4.55. The summed E-state index contributed by atoms with van der Waals surface area (Å²) in [5, 5.41) is 20.4. The van der Waals surface area contributed by atoms with Crippen LogP contribution in [0.15, 0.2) is 18.2 Å². The molecule has 9 nitrogen and oxygen atoms in total. The maximum atomic E-state index is 12.5. The average molecular weight is 400 g/mol. The van der Waals surface area contributed by atoms with Gasteiger partial charge in [0.1, 0.15) is 10.8 Å². The highest BCUT2D eigenvalue weighted by Crippen LogP contribution is 2.29. The van der Waals surface area contributed by atoms with Gasteiger partial charge in [0.15, 0.2) is 11.5 Å². The van der Waals surface area contributed by atoms with Crippen LogP contribution in [-0.2, 0) is 19.4 Å². The van der Waals surface area contributed by atoms with Crippen molar-refractivity contribution in [3.8, 4) is 11.5 Å². The van der Waals surface area contributed by atoms with Crippen LogP contribution in [0, 0.1) is 0 Å². The highest BCUT2D eigenvalue weighted by atomic mass is 32.1. The smallest absolute Gasteiger partial charge is 0.295 e. The summed E-state index contributed by atoms with van der Waals surface area (Å²) in [6, 6.07) is 5.71. The fourth-order valence-electron chi connectivity index (χ4n) is 3.17. The molecule has 0 fully saturated rings. The van der Waals surface area contributed by atoms with Crippen LogP contribution >= 0.6 is 11.3 Å². The Kier molecular flexibility index (Phi) is 5.20. The van der Waals surface area contributed by atoms with Gasteiger partial charge in [-0.2, -0.15) is 0 Å². The second-order valence-electron chi connectivity index (χ2n) is 6.37. The molecule has 0 atom stereocenters. The number of hydrogen-bond acceptors (Lipinski definition) is 8. The molecule has 0 saturated carbocycles. The maximum absolute atomic E-state index is 12.5. The zero-order chi connectivity index (χ0) is 19.5. The summed E-state index contributed by atoms with van der Waals surface area (Å²) in [7, 11) is 3.20. The molecule has 10 heteroatoms. The van der Waals surface area contributed by atoms with Crippen LogP contribution < -0.4 is 14.8 Å². The predicted octanol–water partition coefficient (Wildman–Crippen LogP) is 2.33. The molecule has 1 aliphatic heterocycles. The Morgan fingerprint density at radius 1 is 1.14 bits per heavy atom. The summed E-state index contributed by atoms with van der Waals surface area (Å²) in [5.41, 5.74) is 1.01. The van der Waals surface area contributed by atoms with Crippen molar-refractivity contribution in [2.45, 2.75) is 32.2 Å². The number of carbonyl (C=O) groups is 1. The molecule has 1 N–H and O–H groups in total. The highest BCUT2D eigenvalue weighted by Gasteiger charge is 2.22. The molecular formula is C18H20N6O3S. The van der Waals surface area contributed by atoms with Crippen molar-refractivity contribution in [1.82, 2.24) is 25.0 Å². The molecule has 146 valence electrons. The maximum Gasteiger partial charge on any atom is 0.295 e. The van der Waals surface area contributed by atoms with Gasteiger partial charge in [0, 0.05) is 19.4 Å². The minimum Gasteiger partial charge on any atom is -0.493 e. The van der Waals surface area contributed by atoms with E-state index in [0.717, 1.165) is 42.2 Å². The third-order valence-corrected chi connectivity index (χ3v) is 5.39. The fraction of sp³-hybridized carbons (Fsp3) is 0.389. The Labute approximate surface area is 165 Å². The van der Waals surface area contributed by atoms with Crippen LogP contribution in [0.1, 0.15) is 39.9 Å². The van der Waals surface area contributed by atoms with Crippen molar-refractivity contribution in [3.63, 3.8) is 0 Å². The molecule has 0 saturated heterocycles. The zero-order valence-corrected chi connectivity index (χ0v) is 16.5. The lowest BCUT2D eigenvalue weighted by Gasteiger charge is -2.13. The van der Waals surface area contributed by atoms with Gasteiger partial charge in [-0.15, -0.1) is 20.4 Å². The van der Waals surface area contributed by atoms with E-state index in [1.165, 1.54) is 11.3 Å². The summed E-state index contributed by atoms with van der Waals surface area (Å²) < 4.78 is 12.5. The number of aromatic nitrogens is 5. The second-order valence-corrected chi connectivity index (χ2v) is 7.43. The third kappa shape index (κ3) is 3.68. The fourth-order valence-corrected chi connectivity index (χ4v) is 3.94. The first-order valence-corrected chi connectivity index (χ1v) is 9.76. The molecule has 0 unspecified atom stereocenters. The molecule has 2 aromatic heterocycles. The Morgan fingerprint density at radius 3 is 2.82 bits per heavy atom. The summed E-state index contributed by atoms with van der Waals surface area (Å²) in [5.74, 6) is 2.21. The second kappa shape index (κ2) is 7.93. The number of hydrogen-bond donors (Lipinski definition) is 1. The molecule has 3 heterocycles. The van der Waals surface area contributed by atoms with Crippen molar-refractivity contribution in [3.05, 3.63) is 40.4 Å². The minimum absolute atomic E-state index is 0.311. The van der Waals surface area contributed by atoms with E-state index in [2.05, 4.69) is 25.7 Å². The molecule has 1 aliphatic rings. The molecule has 28 heavy (non-hydrogen) atoms. The Balaban J connectivity index is 1.45. The van der Waals surface area contributed by atoms with E-state index in [1.54, 1.807) is 14.2 Å². The zero-order valence-electron chi connectivity index (χ0n) is 15.6. The molecule has 3 aromatic rings. The van der Waals surface area contributed by atoms with Crippen LogP contribution in [0.4, 0.5) is 5.13 Å². The number of fused-ring (bicyclic) bond motifs is 1. The van der Waals surface area contributed by atoms with E-state index in [4.69, 9.17) is 9.47 Å². The number of ether oxygens (including phenoxy) is 2. The molecule has 1 aromatic carbocycles. The number of nitrogens with one attached hydrogen (secondary N) is 1. The summed E-state index contributed by atoms with van der Waals surface area (Å²) in [6.45, 7) is 0.770. The number of amides is 1. The van der Waals surface area contributed by atoms with Crippen molar-refractivity contribution in [2.75, 3.05) is 19.5 Å². The Bertz CT molecular complexity index is 999. The number of aryl methyl sites for hydroxylation is 1. The lowest BCUT2D eigenvalue weighted by Crippen LogP contribution is -2.21. The summed E-state index contributed by atoms with van der Waals surface area (Å²) in [4.78, 5) is 12.5. The predicted molar refractivity (Wildman–Crippen MR) is 103 cm³/mol. The first-order chi connectivity index (χ1) is 13.7. The summed E-state index contributed by atoms with van der Waals surface area (Å²) in [6.07, 6.45) is 3.54. The first kappa shape index (κ1) is 18.4. The van der Waals surface area contributed by atoms with Gasteiger partial charge in [-0.05, 0) is 30.5 Å². The van der Waals surface area contributed by atoms with Crippen molar-refractivity contribution in [2.24, 2.45) is 0 Å². The standard InChI is InChI=1S/C18H20N6O3S/c1-26-12-7-6-11(9-13(12)27-2)10-15-21-23-18(28-15)19-17(25)16-22-20-14-5-3-4-8-24(14)16/h6-7,9H,3-5,8,10H2,1-2H3,(H,19,23,25). The van der Waals surface area contributed by atoms with Crippen LogP contribution in [-0.4, -0.2) is 45.1 Å². The van der Waals surface area contributed by atoms with Gasteiger partial charge in [-0.3, -0.25) is 10.1 Å². The molecular weight excluding hydrogens is 380 g/mol. The van der Waals surface area contributed by atoms with Crippen LogP contribution in [0.3, 0.4) is 0 Å². The lowest BCUT2D eigenvalue weighted by molar-refractivity contribution is 0.101. The first-order valence-electron chi connectivity index (χ1n) is 8.94. The molecule has 0 radical (unpaired) electrons. The molecule has 0 aliphatic carbocycles. The van der Waals surface area contributed by atoms with E-state index < -0.39 is 0 Å². The number of benzene rings is 1. The Hall–Kier alpha value is -3.01. The number of rotatable bonds is 6. The van der Waals surface area contributed by atoms with Gasteiger partial charge >= 0.3 is 0 Å². The van der Waals surface area contributed by atoms with E-state index in [1.807, 2.05) is 22.8 Å². The van der Waals surface area contributed by atoms with Gasteiger partial charge in [-0.1, -0.05) is 17.4 Å². The van der Waals surface area contributed by atoms with Gasteiger partial charge < -0.3 is 14.0 Å². The monoisotopic (exact) mass is 400 g/mol. The van der Waals surface area contributed by atoms with Gasteiger partial charge in [0.2, 0.25) is 11.0 Å². The van der Waals surface area contributed by atoms with Crippen molar-refractivity contribution < 1.29 is 14.3 Å². The van der Waals surface area contributed by atoms with Crippen LogP contribution in [0.2, 0.25) is 0 Å². The molecule has 0 bridgehead atoms. The SMILES string of the molecule is COc1ccc(Cc2nnc(NC(=O)c3nnc4n3CCCC4)s2)cc1OC. The van der Waals surface area contributed by atoms with Crippen molar-refractivity contribution >= 4 is 22.4 Å². The van der Waals surface area contributed by atoms with Crippen LogP contribution in [0.5, 0.6) is 11.5 Å². The lowest BCUT2D eigenvalue weighted by atomic mass is 10.1. The van der Waals surface area contributed by atoms with E-state index in [9.17, 15) is 4.79 Å². The normalized spacial score (nSPS) is 13.1. The summed E-state index contributed by atoms with van der Waals surface area (Å²) >= 11 is 1.33. The molecule has 0 spiro atoms. The minimum atomic E-state index is -0.311. The molecule has 4 rings (SSSR count). The average Bonchev–Trinajstić information content (AvgIpc) is 3.34. The van der Waals surface area contributed by atoms with E-state index in [0.29, 0.717) is 28.9 Å². The Morgan fingerprint density at radius 2 is 2.00 bits per heavy atom. The van der Waals surface area contributed by atoms with Crippen LogP contribution in [0.25, 0.3) is 0 Å². The molecule has 1 amide bonds. The highest BCUT2D eigenvalue weighted by molar-refractivity contribution is 7.15. The van der Waals surface area contributed by atoms with Crippen molar-refractivity contribution in [1.29, 1.82) is 0 Å². The van der Waals surface area contributed by atoms with E-state index in [-0.39, 0.29) is 5.91 Å². The topological polar surface area (TPSA) is 104 Å². The number of carbonyl (C=O) groups excluding carboxylic acids is 1. The van der Waals surface area contributed by atoms with Gasteiger partial charge in [-0.25, -0.2) is 0 Å². The number of methoxy groups -OCH3 is 2. The number of nitrogens with zero attached hydrogens (tertiary/aromatic N) is 5.